The molecule has 0 saturated carbocycles. The fourth-order valence-electron chi connectivity index (χ4n) is 2.58. The Morgan fingerprint density at radius 1 is 0.870 bits per heavy atom. The predicted octanol–water partition coefficient (Wildman–Crippen LogP) is 2.82. The highest BCUT2D eigenvalue weighted by Gasteiger charge is 2.21. The summed E-state index contributed by atoms with van der Waals surface area (Å²) in [5.74, 6) is -2.99. The number of nitrogens with zero attached hydrogens (tertiary/aromatic N) is 1. The monoisotopic (exact) mass is 320 g/mol. The summed E-state index contributed by atoms with van der Waals surface area (Å²) in [4.78, 5) is 13.9. The molecule has 3 nitrogen and oxygen atoms in total. The molecule has 0 atom stereocenters. The molecule has 1 heterocycles. The summed E-state index contributed by atoms with van der Waals surface area (Å²) in [6.07, 6.45) is 0. The minimum atomic E-state index is -0.996. The van der Waals surface area contributed by atoms with Crippen LogP contribution in [0.2, 0.25) is 0 Å². The molecule has 0 radical (unpaired) electrons. The molecule has 1 aliphatic heterocycles. The van der Waals surface area contributed by atoms with Crippen molar-refractivity contribution in [2.24, 2.45) is 0 Å². The van der Waals surface area contributed by atoms with Crippen LogP contribution in [0.3, 0.4) is 0 Å². The average Bonchev–Trinajstić information content (AvgIpc) is 2.57. The van der Waals surface area contributed by atoms with Gasteiger partial charge in [0.25, 0.3) is 5.91 Å². The van der Waals surface area contributed by atoms with Crippen LogP contribution in [0, 0.1) is 17.5 Å². The molecule has 0 aliphatic carbocycles. The summed E-state index contributed by atoms with van der Waals surface area (Å²) in [5, 5.41) is 3.12. The topological polar surface area (TPSA) is 32.3 Å². The summed E-state index contributed by atoms with van der Waals surface area (Å²) < 4.78 is 40.5. The lowest BCUT2D eigenvalue weighted by atomic mass is 10.0. The van der Waals surface area contributed by atoms with Gasteiger partial charge in [-0.3, -0.25) is 4.79 Å². The second-order valence-electron chi connectivity index (χ2n) is 5.37. The van der Waals surface area contributed by atoms with Gasteiger partial charge in [0.05, 0.1) is 5.56 Å². The lowest BCUT2D eigenvalue weighted by molar-refractivity contribution is 0.0731. The summed E-state index contributed by atoms with van der Waals surface area (Å²) in [6.45, 7) is 2.42. The minimum Gasteiger partial charge on any atom is -0.336 e. The van der Waals surface area contributed by atoms with E-state index >= 15 is 0 Å². The molecule has 2 aromatic carbocycles. The quantitative estimate of drug-likeness (QED) is 0.923. The van der Waals surface area contributed by atoms with Gasteiger partial charge in [-0.25, -0.2) is 13.2 Å². The number of hydrogen-bond acceptors (Lipinski definition) is 2. The molecule has 2 aromatic rings. The fourth-order valence-corrected chi connectivity index (χ4v) is 2.58. The normalized spacial score (nSPS) is 14.8. The number of benzene rings is 2. The number of rotatable bonds is 2. The molecule has 0 spiro atoms. The van der Waals surface area contributed by atoms with Crippen LogP contribution in [0.15, 0.2) is 36.4 Å². The summed E-state index contributed by atoms with van der Waals surface area (Å²) in [7, 11) is 0. The molecule has 0 unspecified atom stereocenters. The van der Waals surface area contributed by atoms with Crippen molar-refractivity contribution in [2.75, 3.05) is 26.2 Å². The molecule has 1 N–H and O–H groups in total. The van der Waals surface area contributed by atoms with Gasteiger partial charge >= 0.3 is 0 Å². The third-order valence-electron chi connectivity index (χ3n) is 3.86. The van der Waals surface area contributed by atoms with Crippen molar-refractivity contribution in [3.63, 3.8) is 0 Å². The van der Waals surface area contributed by atoms with E-state index in [1.165, 1.54) is 24.3 Å². The molecular formula is C17H15F3N2O. The number of hydrogen-bond donors (Lipinski definition) is 1. The van der Waals surface area contributed by atoms with E-state index in [4.69, 9.17) is 0 Å². The summed E-state index contributed by atoms with van der Waals surface area (Å²) >= 11 is 0. The Hall–Kier alpha value is -2.34. The Balaban J connectivity index is 1.88. The van der Waals surface area contributed by atoms with Crippen molar-refractivity contribution in [1.82, 2.24) is 10.2 Å². The zero-order chi connectivity index (χ0) is 16.4. The number of carbonyl (C=O) groups is 1. The number of amides is 1. The largest absolute Gasteiger partial charge is 0.336 e. The number of nitrogens with one attached hydrogen (secondary N) is 1. The van der Waals surface area contributed by atoms with Gasteiger partial charge in [0.1, 0.15) is 5.82 Å². The summed E-state index contributed by atoms with van der Waals surface area (Å²) in [5.41, 5.74) is 0.723. The first-order valence-electron chi connectivity index (χ1n) is 7.31. The zero-order valence-electron chi connectivity index (χ0n) is 12.3. The molecular weight excluding hydrogens is 305 g/mol. The Morgan fingerprint density at radius 3 is 2.09 bits per heavy atom. The van der Waals surface area contributed by atoms with Crippen LogP contribution >= 0.6 is 0 Å². The predicted molar refractivity (Wildman–Crippen MR) is 80.5 cm³/mol. The Morgan fingerprint density at radius 2 is 1.48 bits per heavy atom. The smallest absolute Gasteiger partial charge is 0.256 e. The number of carbonyl (C=O) groups excluding carboxylic acids is 1. The maximum atomic E-state index is 14.3. The van der Waals surface area contributed by atoms with Crippen LogP contribution in [0.5, 0.6) is 0 Å². The molecule has 120 valence electrons. The molecule has 1 aliphatic rings. The lowest BCUT2D eigenvalue weighted by Crippen LogP contribution is -2.46. The van der Waals surface area contributed by atoms with Gasteiger partial charge in [-0.2, -0.15) is 0 Å². The van der Waals surface area contributed by atoms with Gasteiger partial charge in [-0.05, 0) is 35.4 Å². The standard InChI is InChI=1S/C17H15F3N2O/c18-14-4-2-12(10-16(14)20)11-1-3-13(15(19)9-11)17(23)22-7-5-21-6-8-22/h1-4,9-10,21H,5-8H2. The molecule has 0 aromatic heterocycles. The lowest BCUT2D eigenvalue weighted by Gasteiger charge is -2.27. The van der Waals surface area contributed by atoms with Crippen LogP contribution in [-0.2, 0) is 0 Å². The van der Waals surface area contributed by atoms with E-state index in [1.807, 2.05) is 0 Å². The first kappa shape index (κ1) is 15.6. The first-order chi connectivity index (χ1) is 11.1. The average molecular weight is 320 g/mol. The fraction of sp³-hybridized carbons (Fsp3) is 0.235. The highest BCUT2D eigenvalue weighted by atomic mass is 19.2. The van der Waals surface area contributed by atoms with E-state index < -0.39 is 17.5 Å². The van der Waals surface area contributed by atoms with Crippen LogP contribution < -0.4 is 5.32 Å². The third kappa shape index (κ3) is 3.22. The van der Waals surface area contributed by atoms with E-state index in [0.717, 1.165) is 12.1 Å². The highest BCUT2D eigenvalue weighted by molar-refractivity contribution is 5.95. The van der Waals surface area contributed by atoms with Crippen LogP contribution in [0.1, 0.15) is 10.4 Å². The third-order valence-corrected chi connectivity index (χ3v) is 3.86. The van der Waals surface area contributed by atoms with E-state index in [0.29, 0.717) is 37.3 Å². The van der Waals surface area contributed by atoms with E-state index in [-0.39, 0.29) is 11.5 Å². The molecule has 0 bridgehead atoms. The first-order valence-corrected chi connectivity index (χ1v) is 7.31. The second kappa shape index (κ2) is 6.42. The molecule has 1 fully saturated rings. The molecule has 1 saturated heterocycles. The number of halogens is 3. The van der Waals surface area contributed by atoms with Crippen molar-refractivity contribution in [2.45, 2.75) is 0 Å². The zero-order valence-corrected chi connectivity index (χ0v) is 12.3. The highest BCUT2D eigenvalue weighted by Crippen LogP contribution is 2.24. The van der Waals surface area contributed by atoms with E-state index in [1.54, 1.807) is 4.90 Å². The van der Waals surface area contributed by atoms with Gasteiger partial charge in [0.15, 0.2) is 11.6 Å². The van der Waals surface area contributed by atoms with Gasteiger partial charge in [0, 0.05) is 26.2 Å². The van der Waals surface area contributed by atoms with Crippen molar-refractivity contribution >= 4 is 5.91 Å². The SMILES string of the molecule is O=C(c1ccc(-c2ccc(F)c(F)c2)cc1F)N1CCNCC1. The molecule has 3 rings (SSSR count). The minimum absolute atomic E-state index is 0.0155. The molecule has 6 heteroatoms. The van der Waals surface area contributed by atoms with Gasteiger partial charge in [-0.1, -0.05) is 12.1 Å². The Bertz CT molecular complexity index is 743. The van der Waals surface area contributed by atoms with Crippen molar-refractivity contribution in [3.8, 4) is 11.1 Å². The van der Waals surface area contributed by atoms with Crippen molar-refractivity contribution in [3.05, 3.63) is 59.4 Å². The maximum absolute atomic E-state index is 14.3. The Kier molecular flexibility index (Phi) is 4.34. The summed E-state index contributed by atoms with van der Waals surface area (Å²) in [6, 6.07) is 7.44. The van der Waals surface area contributed by atoms with E-state index in [9.17, 15) is 18.0 Å². The Labute approximate surface area is 131 Å². The van der Waals surface area contributed by atoms with Crippen LogP contribution in [0.4, 0.5) is 13.2 Å². The van der Waals surface area contributed by atoms with Crippen molar-refractivity contribution in [1.29, 1.82) is 0 Å². The van der Waals surface area contributed by atoms with Crippen LogP contribution in [-0.4, -0.2) is 37.0 Å². The van der Waals surface area contributed by atoms with Gasteiger partial charge in [0.2, 0.25) is 0 Å². The van der Waals surface area contributed by atoms with Gasteiger partial charge < -0.3 is 10.2 Å². The maximum Gasteiger partial charge on any atom is 0.256 e. The van der Waals surface area contributed by atoms with E-state index in [2.05, 4.69) is 5.32 Å². The number of piperazine rings is 1. The van der Waals surface area contributed by atoms with Gasteiger partial charge in [-0.15, -0.1) is 0 Å². The second-order valence-corrected chi connectivity index (χ2v) is 5.37. The van der Waals surface area contributed by atoms with Crippen molar-refractivity contribution < 1.29 is 18.0 Å². The molecule has 1 amide bonds. The van der Waals surface area contributed by atoms with Crippen LogP contribution in [0.25, 0.3) is 11.1 Å². The molecule has 23 heavy (non-hydrogen) atoms.